The third-order valence-corrected chi connectivity index (χ3v) is 8.39. The van der Waals surface area contributed by atoms with Crippen LogP contribution < -0.4 is 16.0 Å². The second-order valence-electron chi connectivity index (χ2n) is 10.1. The van der Waals surface area contributed by atoms with Crippen LogP contribution in [-0.4, -0.2) is 46.6 Å². The van der Waals surface area contributed by atoms with Gasteiger partial charge in [-0.2, -0.15) is 18.4 Å². The number of aromatic nitrogens is 2. The standard InChI is InChI=1S/C27H28F3N3O7S/c1-14-20(12-31)41-23-21(14)22(34)33(26(2,3)24(35)36)25(37)32(23)13-19(40-16-7-9-39-10-8-16)17-11-15(27(28,29)30)5-6-18(17)38-4/h5-6,11,16,19H,7-10,13H2,1-4H3,(H,35,36). The molecule has 1 aromatic carbocycles. The van der Waals surface area contributed by atoms with Crippen LogP contribution in [0.5, 0.6) is 5.75 Å². The molecule has 0 radical (unpaired) electrons. The minimum absolute atomic E-state index is 0.0119. The molecule has 2 aromatic heterocycles. The first kappa shape index (κ1) is 30.3. The van der Waals surface area contributed by atoms with Gasteiger partial charge in [0.15, 0.2) is 0 Å². The Kier molecular flexibility index (Phi) is 8.35. The van der Waals surface area contributed by atoms with Crippen LogP contribution in [0.25, 0.3) is 10.2 Å². The molecule has 1 aliphatic heterocycles. The zero-order valence-electron chi connectivity index (χ0n) is 22.7. The number of ether oxygens (including phenoxy) is 3. The Balaban J connectivity index is 2.01. The number of methoxy groups -OCH3 is 1. The fourth-order valence-corrected chi connectivity index (χ4v) is 5.89. The van der Waals surface area contributed by atoms with Crippen LogP contribution in [0.2, 0.25) is 0 Å². The smallest absolute Gasteiger partial charge is 0.416 e. The summed E-state index contributed by atoms with van der Waals surface area (Å²) in [6, 6.07) is 4.90. The van der Waals surface area contributed by atoms with Crippen molar-refractivity contribution in [2.24, 2.45) is 0 Å². The number of nitrogens with zero attached hydrogens (tertiary/aromatic N) is 3. The molecule has 1 fully saturated rings. The number of carbonyl (C=O) groups is 1. The van der Waals surface area contributed by atoms with E-state index in [9.17, 15) is 37.9 Å². The first-order valence-electron chi connectivity index (χ1n) is 12.6. The van der Waals surface area contributed by atoms with Crippen molar-refractivity contribution >= 4 is 27.5 Å². The van der Waals surface area contributed by atoms with E-state index in [1.165, 1.54) is 27.9 Å². The number of fused-ring (bicyclic) bond motifs is 1. The molecule has 0 bridgehead atoms. The fraction of sp³-hybridized carbons (Fsp3) is 0.481. The van der Waals surface area contributed by atoms with E-state index in [1.807, 2.05) is 6.07 Å². The van der Waals surface area contributed by atoms with Gasteiger partial charge in [0, 0.05) is 18.8 Å². The normalized spacial score (nSPS) is 15.6. The molecule has 1 unspecified atom stereocenters. The van der Waals surface area contributed by atoms with Crippen molar-refractivity contribution < 1.29 is 37.3 Å². The van der Waals surface area contributed by atoms with Crippen LogP contribution >= 0.6 is 11.3 Å². The maximum atomic E-state index is 13.9. The lowest BCUT2D eigenvalue weighted by atomic mass is 10.0. The minimum atomic E-state index is -4.68. The van der Waals surface area contributed by atoms with Gasteiger partial charge >= 0.3 is 17.8 Å². The molecule has 1 saturated heterocycles. The van der Waals surface area contributed by atoms with Crippen molar-refractivity contribution in [1.82, 2.24) is 9.13 Å². The molecule has 1 N–H and O–H groups in total. The van der Waals surface area contributed by atoms with Gasteiger partial charge in [0.05, 0.1) is 30.7 Å². The molecule has 1 atom stereocenters. The van der Waals surface area contributed by atoms with Crippen molar-refractivity contribution in [1.29, 1.82) is 5.26 Å². The van der Waals surface area contributed by atoms with E-state index in [0.717, 1.165) is 34.1 Å². The Morgan fingerprint density at radius 3 is 2.49 bits per heavy atom. The number of aryl methyl sites for hydroxylation is 1. The van der Waals surface area contributed by atoms with E-state index >= 15 is 0 Å². The van der Waals surface area contributed by atoms with E-state index in [4.69, 9.17) is 14.2 Å². The van der Waals surface area contributed by atoms with Crippen molar-refractivity contribution in [3.63, 3.8) is 0 Å². The van der Waals surface area contributed by atoms with Crippen LogP contribution in [0.15, 0.2) is 27.8 Å². The van der Waals surface area contributed by atoms with Crippen LogP contribution in [0.3, 0.4) is 0 Å². The number of nitriles is 1. The molecule has 0 saturated carbocycles. The highest BCUT2D eigenvalue weighted by Crippen LogP contribution is 2.38. The van der Waals surface area contributed by atoms with E-state index < -0.39 is 53.2 Å². The van der Waals surface area contributed by atoms with Gasteiger partial charge in [0.1, 0.15) is 33.2 Å². The minimum Gasteiger partial charge on any atom is -0.496 e. The second-order valence-corrected chi connectivity index (χ2v) is 11.1. The summed E-state index contributed by atoms with van der Waals surface area (Å²) >= 11 is 0.861. The predicted octanol–water partition coefficient (Wildman–Crippen LogP) is 4.19. The Bertz CT molecular complexity index is 1640. The number of thiophene rings is 1. The van der Waals surface area contributed by atoms with E-state index in [-0.39, 0.29) is 32.0 Å². The highest BCUT2D eigenvalue weighted by Gasteiger charge is 2.37. The average molecular weight is 596 g/mol. The van der Waals surface area contributed by atoms with E-state index in [0.29, 0.717) is 30.6 Å². The number of benzene rings is 1. The molecule has 4 rings (SSSR count). The molecular formula is C27H28F3N3O7S. The summed E-state index contributed by atoms with van der Waals surface area (Å²) in [4.78, 5) is 39.8. The van der Waals surface area contributed by atoms with Gasteiger partial charge in [0.25, 0.3) is 5.56 Å². The van der Waals surface area contributed by atoms with Gasteiger partial charge in [-0.1, -0.05) is 0 Å². The Morgan fingerprint density at radius 2 is 1.93 bits per heavy atom. The lowest BCUT2D eigenvalue weighted by molar-refractivity contribution is -0.146. The summed E-state index contributed by atoms with van der Waals surface area (Å²) in [5.41, 5.74) is -4.56. The number of aliphatic carboxylic acids is 1. The number of carboxylic acid groups (broad SMARTS) is 1. The Labute approximate surface area is 236 Å². The Morgan fingerprint density at radius 1 is 1.27 bits per heavy atom. The second kappa shape index (κ2) is 11.3. The fourth-order valence-electron chi connectivity index (χ4n) is 4.79. The van der Waals surface area contributed by atoms with Crippen LogP contribution in [0.1, 0.15) is 54.4 Å². The molecular weight excluding hydrogens is 567 g/mol. The average Bonchev–Trinajstić information content (AvgIpc) is 3.26. The first-order chi connectivity index (χ1) is 19.2. The monoisotopic (exact) mass is 595 g/mol. The maximum Gasteiger partial charge on any atom is 0.416 e. The largest absolute Gasteiger partial charge is 0.496 e. The molecule has 0 amide bonds. The summed E-state index contributed by atoms with van der Waals surface area (Å²) in [5, 5.41) is 19.5. The maximum absolute atomic E-state index is 13.9. The van der Waals surface area contributed by atoms with Gasteiger partial charge in [-0.25, -0.2) is 14.2 Å². The van der Waals surface area contributed by atoms with Crippen molar-refractivity contribution in [2.45, 2.75) is 64.1 Å². The number of rotatable bonds is 8. The summed E-state index contributed by atoms with van der Waals surface area (Å²) in [7, 11) is 1.29. The van der Waals surface area contributed by atoms with Crippen LogP contribution in [0, 0.1) is 18.3 Å². The van der Waals surface area contributed by atoms with Crippen molar-refractivity contribution in [3.8, 4) is 11.8 Å². The lowest BCUT2D eigenvalue weighted by Crippen LogP contribution is -2.52. The zero-order chi connectivity index (χ0) is 30.3. The molecule has 14 heteroatoms. The first-order valence-corrected chi connectivity index (χ1v) is 13.4. The summed E-state index contributed by atoms with van der Waals surface area (Å²) < 4.78 is 60.0. The summed E-state index contributed by atoms with van der Waals surface area (Å²) in [6.45, 7) is 4.23. The summed E-state index contributed by atoms with van der Waals surface area (Å²) in [5.74, 6) is -1.37. The van der Waals surface area contributed by atoms with Crippen molar-refractivity contribution in [3.05, 3.63) is 60.6 Å². The summed E-state index contributed by atoms with van der Waals surface area (Å²) in [6.07, 6.45) is -5.41. The molecule has 41 heavy (non-hydrogen) atoms. The van der Waals surface area contributed by atoms with Gasteiger partial charge in [-0.15, -0.1) is 11.3 Å². The van der Waals surface area contributed by atoms with E-state index in [1.54, 1.807) is 0 Å². The predicted molar refractivity (Wildman–Crippen MR) is 142 cm³/mol. The van der Waals surface area contributed by atoms with Gasteiger partial charge in [-0.05, 0) is 57.4 Å². The number of hydrogen-bond acceptors (Lipinski definition) is 8. The highest BCUT2D eigenvalue weighted by molar-refractivity contribution is 7.19. The van der Waals surface area contributed by atoms with Gasteiger partial charge < -0.3 is 19.3 Å². The third kappa shape index (κ3) is 5.61. The molecule has 1 aliphatic rings. The number of halogens is 3. The highest BCUT2D eigenvalue weighted by atomic mass is 32.1. The lowest BCUT2D eigenvalue weighted by Gasteiger charge is -2.30. The van der Waals surface area contributed by atoms with Crippen LogP contribution in [0.4, 0.5) is 13.2 Å². The quantitative estimate of drug-likeness (QED) is 0.410. The molecule has 3 aromatic rings. The molecule has 3 heterocycles. The van der Waals surface area contributed by atoms with Crippen LogP contribution in [-0.2, 0) is 32.5 Å². The zero-order valence-corrected chi connectivity index (χ0v) is 23.5. The number of hydrogen-bond donors (Lipinski definition) is 1. The van der Waals surface area contributed by atoms with Gasteiger partial charge in [-0.3, -0.25) is 9.36 Å². The topological polar surface area (TPSA) is 133 Å². The number of carboxylic acids is 1. The Hall–Kier alpha value is -3.67. The van der Waals surface area contributed by atoms with Gasteiger partial charge in [0.2, 0.25) is 0 Å². The van der Waals surface area contributed by atoms with Crippen molar-refractivity contribution in [2.75, 3.05) is 20.3 Å². The molecule has 220 valence electrons. The molecule has 0 spiro atoms. The SMILES string of the molecule is COc1ccc(C(F)(F)F)cc1C(Cn1c(=O)n(C(C)(C)C(=O)O)c(=O)c2c(C)c(C#N)sc21)OC1CCOCC1. The third-order valence-electron chi connectivity index (χ3n) is 7.17. The molecule has 0 aliphatic carbocycles. The van der Waals surface area contributed by atoms with E-state index in [2.05, 4.69) is 0 Å². The number of alkyl halides is 3. The molecule has 10 nitrogen and oxygen atoms in total.